The van der Waals surface area contributed by atoms with Crippen LogP contribution >= 0.6 is 0 Å². The molecule has 8 nitrogen and oxygen atoms in total. The van der Waals surface area contributed by atoms with Crippen LogP contribution in [0, 0.1) is 6.92 Å². The van der Waals surface area contributed by atoms with E-state index in [-0.39, 0.29) is 16.9 Å². The lowest BCUT2D eigenvalue weighted by molar-refractivity contribution is -0.122. The van der Waals surface area contributed by atoms with Crippen LogP contribution in [0.3, 0.4) is 0 Å². The average Bonchev–Trinajstić information content (AvgIpc) is 3.20. The Bertz CT molecular complexity index is 1260. The highest BCUT2D eigenvalue weighted by molar-refractivity contribution is 6.39. The number of nitrogens with zero attached hydrogens (tertiary/aromatic N) is 1. The molecule has 0 atom stereocenters. The fourth-order valence-electron chi connectivity index (χ4n) is 3.26. The highest BCUT2D eigenvalue weighted by Crippen LogP contribution is 2.28. The van der Waals surface area contributed by atoms with Crippen molar-refractivity contribution in [3.63, 3.8) is 0 Å². The first-order valence-corrected chi connectivity index (χ1v) is 9.26. The molecule has 0 spiro atoms. The van der Waals surface area contributed by atoms with Gasteiger partial charge in [-0.2, -0.15) is 0 Å². The van der Waals surface area contributed by atoms with E-state index in [0.717, 1.165) is 4.90 Å². The molecule has 1 aliphatic heterocycles. The maximum absolute atomic E-state index is 12.9. The van der Waals surface area contributed by atoms with Gasteiger partial charge in [-0.05, 0) is 55.0 Å². The molecule has 0 bridgehead atoms. The second kappa shape index (κ2) is 7.75. The van der Waals surface area contributed by atoms with Gasteiger partial charge >= 0.3 is 12.0 Å². The van der Waals surface area contributed by atoms with E-state index in [0.29, 0.717) is 22.6 Å². The molecular weight excluding hydrogens is 400 g/mol. The first-order chi connectivity index (χ1) is 14.8. The van der Waals surface area contributed by atoms with Crippen molar-refractivity contribution in [2.24, 2.45) is 0 Å². The molecule has 8 heteroatoms. The summed E-state index contributed by atoms with van der Waals surface area (Å²) in [4.78, 5) is 49.3. The summed E-state index contributed by atoms with van der Waals surface area (Å²) in [6.45, 7) is 1.75. The van der Waals surface area contributed by atoms with Crippen LogP contribution in [0.5, 0.6) is 0 Å². The van der Waals surface area contributed by atoms with Gasteiger partial charge in [-0.15, -0.1) is 0 Å². The number of barbiturate groups is 1. The highest BCUT2D eigenvalue weighted by Gasteiger charge is 2.37. The van der Waals surface area contributed by atoms with Gasteiger partial charge in [0.05, 0.1) is 11.3 Å². The predicted octanol–water partition coefficient (Wildman–Crippen LogP) is 3.62. The van der Waals surface area contributed by atoms with Crippen LogP contribution in [0.2, 0.25) is 0 Å². The maximum atomic E-state index is 12.9. The second-order valence-electron chi connectivity index (χ2n) is 6.83. The van der Waals surface area contributed by atoms with Crippen LogP contribution in [0.1, 0.15) is 21.7 Å². The summed E-state index contributed by atoms with van der Waals surface area (Å²) in [5.41, 5.74) is 1.61. The van der Waals surface area contributed by atoms with E-state index < -0.39 is 23.8 Å². The van der Waals surface area contributed by atoms with E-state index in [4.69, 9.17) is 9.52 Å². The molecule has 0 radical (unpaired) electrons. The lowest BCUT2D eigenvalue weighted by Gasteiger charge is -2.26. The Labute approximate surface area is 176 Å². The van der Waals surface area contributed by atoms with Crippen molar-refractivity contribution in [2.75, 3.05) is 4.90 Å². The van der Waals surface area contributed by atoms with Crippen LogP contribution in [-0.2, 0) is 9.59 Å². The molecule has 1 fully saturated rings. The second-order valence-corrected chi connectivity index (χ2v) is 6.83. The number of carboxylic acid groups (broad SMARTS) is 1. The molecule has 154 valence electrons. The number of aromatic carboxylic acids is 1. The van der Waals surface area contributed by atoms with E-state index in [1.807, 2.05) is 0 Å². The van der Waals surface area contributed by atoms with E-state index in [9.17, 15) is 19.2 Å². The molecule has 4 amide bonds. The molecule has 31 heavy (non-hydrogen) atoms. The summed E-state index contributed by atoms with van der Waals surface area (Å²) >= 11 is 0. The Balaban J connectivity index is 1.67. The number of hydrogen-bond donors (Lipinski definition) is 2. The molecule has 3 aromatic rings. The number of rotatable bonds is 4. The van der Waals surface area contributed by atoms with E-state index in [1.165, 1.54) is 18.2 Å². The summed E-state index contributed by atoms with van der Waals surface area (Å²) in [7, 11) is 0. The molecule has 1 aromatic heterocycles. The minimum Gasteiger partial charge on any atom is -0.478 e. The number of imide groups is 2. The third-order valence-electron chi connectivity index (χ3n) is 4.77. The van der Waals surface area contributed by atoms with Crippen molar-refractivity contribution in [3.05, 3.63) is 83.1 Å². The first-order valence-electron chi connectivity index (χ1n) is 9.26. The summed E-state index contributed by atoms with van der Waals surface area (Å²) < 4.78 is 5.76. The zero-order valence-corrected chi connectivity index (χ0v) is 16.3. The van der Waals surface area contributed by atoms with Crippen LogP contribution in [0.25, 0.3) is 17.4 Å². The molecule has 0 saturated carbocycles. The Kier molecular flexibility index (Phi) is 4.96. The number of carboxylic acids is 1. The number of aryl methyl sites for hydroxylation is 1. The van der Waals surface area contributed by atoms with Gasteiger partial charge in [0.1, 0.15) is 17.1 Å². The number of anilines is 1. The van der Waals surface area contributed by atoms with E-state index >= 15 is 0 Å². The summed E-state index contributed by atoms with van der Waals surface area (Å²) in [5.74, 6) is -1.93. The van der Waals surface area contributed by atoms with Crippen molar-refractivity contribution in [1.82, 2.24) is 5.32 Å². The number of nitrogens with one attached hydrogen (secondary N) is 1. The fraction of sp³-hybridized carbons (Fsp3) is 0.0435. The molecule has 2 aromatic carbocycles. The van der Waals surface area contributed by atoms with Crippen molar-refractivity contribution >= 4 is 35.6 Å². The summed E-state index contributed by atoms with van der Waals surface area (Å²) in [6, 6.07) is 15.3. The highest BCUT2D eigenvalue weighted by atomic mass is 16.4. The van der Waals surface area contributed by atoms with Gasteiger partial charge in [0, 0.05) is 5.56 Å². The largest absolute Gasteiger partial charge is 0.478 e. The first kappa shape index (κ1) is 19.8. The van der Waals surface area contributed by atoms with Crippen LogP contribution in [0.15, 0.2) is 70.7 Å². The number of furan rings is 1. The van der Waals surface area contributed by atoms with Gasteiger partial charge in [0.2, 0.25) is 0 Å². The molecule has 1 saturated heterocycles. The fourth-order valence-corrected chi connectivity index (χ4v) is 3.26. The van der Waals surface area contributed by atoms with Crippen molar-refractivity contribution in [2.45, 2.75) is 6.92 Å². The molecule has 4 rings (SSSR count). The zero-order valence-electron chi connectivity index (χ0n) is 16.3. The number of carbonyl (C=O) groups is 4. The smallest absolute Gasteiger partial charge is 0.335 e. The van der Waals surface area contributed by atoms with Gasteiger partial charge < -0.3 is 9.52 Å². The molecular formula is C23H16N2O6. The lowest BCUT2D eigenvalue weighted by Crippen LogP contribution is -2.54. The number of hydrogen-bond acceptors (Lipinski definition) is 5. The maximum Gasteiger partial charge on any atom is 0.335 e. The average molecular weight is 416 g/mol. The molecule has 2 heterocycles. The Hall–Kier alpha value is -4.46. The molecule has 0 aliphatic carbocycles. The number of para-hydroxylation sites is 1. The van der Waals surface area contributed by atoms with Crippen LogP contribution in [0.4, 0.5) is 10.5 Å². The predicted molar refractivity (Wildman–Crippen MR) is 111 cm³/mol. The van der Waals surface area contributed by atoms with Crippen molar-refractivity contribution in [1.29, 1.82) is 0 Å². The number of amides is 4. The van der Waals surface area contributed by atoms with Gasteiger partial charge in [0.25, 0.3) is 11.8 Å². The number of benzene rings is 2. The van der Waals surface area contributed by atoms with E-state index in [1.54, 1.807) is 55.5 Å². The minimum absolute atomic E-state index is 0.158. The number of carbonyl (C=O) groups excluding carboxylic acids is 3. The standard InChI is InChI=1S/C23H16N2O6/c1-13-11-14(22(28)29)7-9-17(13)19-10-8-16(31-19)12-18-20(26)24-23(30)25(21(18)27)15-5-3-2-4-6-15/h2-12H,1H3,(H,28,29)(H,24,26,30)/b18-12+. The quantitative estimate of drug-likeness (QED) is 0.496. The van der Waals surface area contributed by atoms with Crippen LogP contribution < -0.4 is 10.2 Å². The van der Waals surface area contributed by atoms with Gasteiger partial charge in [-0.1, -0.05) is 24.3 Å². The molecule has 0 unspecified atom stereocenters. The monoisotopic (exact) mass is 416 g/mol. The van der Waals surface area contributed by atoms with Gasteiger partial charge in [-0.25, -0.2) is 14.5 Å². The van der Waals surface area contributed by atoms with Crippen molar-refractivity contribution in [3.8, 4) is 11.3 Å². The topological polar surface area (TPSA) is 117 Å². The Morgan fingerprint density at radius 3 is 2.45 bits per heavy atom. The summed E-state index contributed by atoms with van der Waals surface area (Å²) in [6.07, 6.45) is 1.27. The normalized spacial score (nSPS) is 15.3. The van der Waals surface area contributed by atoms with E-state index in [2.05, 4.69) is 5.32 Å². The Morgan fingerprint density at radius 2 is 1.77 bits per heavy atom. The molecule has 2 N–H and O–H groups in total. The van der Waals surface area contributed by atoms with Gasteiger partial charge in [-0.3, -0.25) is 14.9 Å². The Morgan fingerprint density at radius 1 is 1.03 bits per heavy atom. The summed E-state index contributed by atoms with van der Waals surface area (Å²) in [5, 5.41) is 11.3. The minimum atomic E-state index is -1.03. The molecule has 1 aliphatic rings. The van der Waals surface area contributed by atoms with Crippen molar-refractivity contribution < 1.29 is 28.7 Å². The SMILES string of the molecule is Cc1cc(C(=O)O)ccc1-c1ccc(/C=C2\C(=O)NC(=O)N(c3ccccc3)C2=O)o1. The van der Waals surface area contributed by atoms with Crippen LogP contribution in [-0.4, -0.2) is 28.9 Å². The lowest BCUT2D eigenvalue weighted by atomic mass is 10.0. The zero-order chi connectivity index (χ0) is 22.1. The third-order valence-corrected chi connectivity index (χ3v) is 4.77. The van der Waals surface area contributed by atoms with Gasteiger partial charge in [0.15, 0.2) is 0 Å². The third kappa shape index (κ3) is 3.74. The number of urea groups is 1.